The van der Waals surface area contributed by atoms with Crippen LogP contribution in [0.4, 0.5) is 0 Å². The van der Waals surface area contributed by atoms with Gasteiger partial charge in [0.2, 0.25) is 0 Å². The molecule has 0 aliphatic rings. The Morgan fingerprint density at radius 2 is 1.85 bits per heavy atom. The Hall–Kier alpha value is -1.55. The van der Waals surface area contributed by atoms with E-state index in [-0.39, 0.29) is 5.71 Å². The van der Waals surface area contributed by atoms with Crippen LogP contribution in [0.1, 0.15) is 5.56 Å². The molecule has 1 aromatic carbocycles. The van der Waals surface area contributed by atoms with Gasteiger partial charge in [0.05, 0.1) is 6.21 Å². The van der Waals surface area contributed by atoms with E-state index in [1.165, 1.54) is 0 Å². The lowest BCUT2D eigenvalue weighted by Crippen LogP contribution is -2.01. The molecule has 13 heavy (non-hydrogen) atoms. The maximum Gasteiger partial charge on any atom is 0.131 e. The van der Waals surface area contributed by atoms with Crippen molar-refractivity contribution in [3.63, 3.8) is 0 Å². The molecule has 0 bridgehead atoms. The van der Waals surface area contributed by atoms with Gasteiger partial charge in [-0.1, -0.05) is 34.0 Å². The maximum atomic E-state index is 8.53. The maximum absolute atomic E-state index is 8.53. The standard InChI is InChI=1S/C8H7ClN2O2/c9-7-3-1-6(2-4-7)8(11-13)5-10-12/h1-5,12-13H/b10-5+,11-8-. The van der Waals surface area contributed by atoms with Gasteiger partial charge in [0.25, 0.3) is 0 Å². The SMILES string of the molecule is O/N=C/C(=N/O)c1ccc(Cl)cc1. The lowest BCUT2D eigenvalue weighted by Gasteiger charge is -1.97. The molecule has 0 fully saturated rings. The summed E-state index contributed by atoms with van der Waals surface area (Å²) in [6.07, 6.45) is 1.03. The Labute approximate surface area is 79.8 Å². The zero-order valence-electron chi connectivity index (χ0n) is 6.55. The van der Waals surface area contributed by atoms with E-state index in [0.29, 0.717) is 10.6 Å². The van der Waals surface area contributed by atoms with Gasteiger partial charge in [-0.3, -0.25) is 0 Å². The molecule has 0 unspecified atom stereocenters. The topological polar surface area (TPSA) is 65.2 Å². The Kier molecular flexibility index (Phi) is 3.28. The first-order chi connectivity index (χ1) is 6.27. The van der Waals surface area contributed by atoms with Crippen LogP contribution >= 0.6 is 11.6 Å². The molecule has 0 atom stereocenters. The lowest BCUT2D eigenvalue weighted by molar-refractivity contribution is 0.316. The largest absolute Gasteiger partial charge is 0.411 e. The summed E-state index contributed by atoms with van der Waals surface area (Å²) in [6, 6.07) is 6.60. The Bertz CT molecular complexity index is 333. The van der Waals surface area contributed by atoms with E-state index in [1.54, 1.807) is 24.3 Å². The fourth-order valence-corrected chi connectivity index (χ4v) is 0.959. The molecular formula is C8H7ClN2O2. The Morgan fingerprint density at radius 1 is 1.23 bits per heavy atom. The van der Waals surface area contributed by atoms with Crippen molar-refractivity contribution in [2.75, 3.05) is 0 Å². The molecule has 68 valence electrons. The lowest BCUT2D eigenvalue weighted by atomic mass is 10.1. The summed E-state index contributed by atoms with van der Waals surface area (Å²) in [5, 5.41) is 23.1. The fraction of sp³-hybridized carbons (Fsp3) is 0. The van der Waals surface area contributed by atoms with Crippen LogP contribution in [-0.4, -0.2) is 22.3 Å². The summed E-state index contributed by atoms with van der Waals surface area (Å²) in [4.78, 5) is 0. The van der Waals surface area contributed by atoms with Crippen LogP contribution in [-0.2, 0) is 0 Å². The van der Waals surface area contributed by atoms with Crippen molar-refractivity contribution in [2.45, 2.75) is 0 Å². The van der Waals surface area contributed by atoms with Gasteiger partial charge in [0, 0.05) is 10.6 Å². The summed E-state index contributed by atoms with van der Waals surface area (Å²) < 4.78 is 0. The molecule has 0 aliphatic carbocycles. The van der Waals surface area contributed by atoms with Gasteiger partial charge >= 0.3 is 0 Å². The molecular weight excluding hydrogens is 192 g/mol. The van der Waals surface area contributed by atoms with E-state index < -0.39 is 0 Å². The van der Waals surface area contributed by atoms with E-state index in [4.69, 9.17) is 22.0 Å². The average molecular weight is 199 g/mol. The van der Waals surface area contributed by atoms with Crippen molar-refractivity contribution in [3.05, 3.63) is 34.9 Å². The predicted molar refractivity (Wildman–Crippen MR) is 50.1 cm³/mol. The molecule has 0 amide bonds. The van der Waals surface area contributed by atoms with E-state index in [9.17, 15) is 0 Å². The summed E-state index contributed by atoms with van der Waals surface area (Å²) in [6.45, 7) is 0. The second-order valence-corrected chi connectivity index (χ2v) is 2.67. The van der Waals surface area contributed by atoms with Gasteiger partial charge in [0.15, 0.2) is 0 Å². The van der Waals surface area contributed by atoms with Crippen LogP contribution in [0.25, 0.3) is 0 Å². The third kappa shape index (κ3) is 2.45. The van der Waals surface area contributed by atoms with Gasteiger partial charge in [0.1, 0.15) is 5.71 Å². The van der Waals surface area contributed by atoms with E-state index >= 15 is 0 Å². The van der Waals surface area contributed by atoms with E-state index in [0.717, 1.165) is 6.21 Å². The molecule has 2 N–H and O–H groups in total. The quantitative estimate of drug-likeness (QED) is 0.434. The monoisotopic (exact) mass is 198 g/mol. The normalized spacial score (nSPS) is 12.2. The van der Waals surface area contributed by atoms with Gasteiger partial charge in [-0.2, -0.15) is 0 Å². The van der Waals surface area contributed by atoms with Crippen LogP contribution in [0.15, 0.2) is 34.6 Å². The van der Waals surface area contributed by atoms with Crippen LogP contribution in [0.3, 0.4) is 0 Å². The van der Waals surface area contributed by atoms with Gasteiger partial charge in [-0.25, -0.2) is 0 Å². The van der Waals surface area contributed by atoms with Crippen LogP contribution in [0.5, 0.6) is 0 Å². The number of oxime groups is 2. The molecule has 1 rings (SSSR count). The van der Waals surface area contributed by atoms with Gasteiger partial charge in [-0.05, 0) is 12.1 Å². The molecule has 0 heterocycles. The molecule has 4 nitrogen and oxygen atoms in total. The minimum absolute atomic E-state index is 0.166. The van der Waals surface area contributed by atoms with E-state index in [2.05, 4.69) is 10.3 Å². The van der Waals surface area contributed by atoms with Gasteiger partial charge < -0.3 is 10.4 Å². The van der Waals surface area contributed by atoms with Crippen LogP contribution in [0.2, 0.25) is 5.02 Å². The molecule has 0 radical (unpaired) electrons. The molecule has 0 saturated heterocycles. The number of benzene rings is 1. The van der Waals surface area contributed by atoms with Crippen LogP contribution in [0, 0.1) is 0 Å². The number of halogens is 1. The predicted octanol–water partition coefficient (Wildman–Crippen LogP) is 1.98. The summed E-state index contributed by atoms with van der Waals surface area (Å²) in [5.41, 5.74) is 0.781. The van der Waals surface area contributed by atoms with Crippen molar-refractivity contribution in [1.29, 1.82) is 0 Å². The third-order valence-electron chi connectivity index (χ3n) is 1.43. The second kappa shape index (κ2) is 4.47. The number of rotatable bonds is 2. The first-order valence-electron chi connectivity index (χ1n) is 3.43. The molecule has 1 aromatic rings. The highest BCUT2D eigenvalue weighted by atomic mass is 35.5. The summed E-state index contributed by atoms with van der Waals surface area (Å²) in [5.74, 6) is 0. The van der Waals surface area contributed by atoms with Crippen molar-refractivity contribution in [2.24, 2.45) is 10.3 Å². The second-order valence-electron chi connectivity index (χ2n) is 2.24. The number of hydrogen-bond acceptors (Lipinski definition) is 4. The number of hydrogen-bond donors (Lipinski definition) is 2. The molecule has 0 spiro atoms. The van der Waals surface area contributed by atoms with Crippen LogP contribution < -0.4 is 0 Å². The smallest absolute Gasteiger partial charge is 0.131 e. The minimum Gasteiger partial charge on any atom is -0.411 e. The van der Waals surface area contributed by atoms with Crippen molar-refractivity contribution in [1.82, 2.24) is 0 Å². The fourth-order valence-electron chi connectivity index (χ4n) is 0.833. The van der Waals surface area contributed by atoms with Gasteiger partial charge in [-0.15, -0.1) is 0 Å². The molecule has 5 heteroatoms. The highest BCUT2D eigenvalue weighted by Gasteiger charge is 2.00. The Morgan fingerprint density at radius 3 is 2.31 bits per heavy atom. The Balaban J connectivity index is 3.00. The third-order valence-corrected chi connectivity index (χ3v) is 1.68. The van der Waals surface area contributed by atoms with E-state index in [1.807, 2.05) is 0 Å². The van der Waals surface area contributed by atoms with Crippen molar-refractivity contribution in [3.8, 4) is 0 Å². The average Bonchev–Trinajstić information content (AvgIpc) is 2.16. The van der Waals surface area contributed by atoms with Crippen molar-refractivity contribution >= 4 is 23.5 Å². The minimum atomic E-state index is 0.166. The first kappa shape index (κ1) is 9.54. The highest BCUT2D eigenvalue weighted by molar-refractivity contribution is 6.38. The number of nitrogens with zero attached hydrogens (tertiary/aromatic N) is 2. The zero-order chi connectivity index (χ0) is 9.68. The first-order valence-corrected chi connectivity index (χ1v) is 3.81. The molecule has 0 aromatic heterocycles. The summed E-state index contributed by atoms with van der Waals surface area (Å²) in [7, 11) is 0. The zero-order valence-corrected chi connectivity index (χ0v) is 7.31. The molecule has 0 saturated carbocycles. The van der Waals surface area contributed by atoms with Crippen molar-refractivity contribution < 1.29 is 10.4 Å². The molecule has 0 aliphatic heterocycles. The summed E-state index contributed by atoms with van der Waals surface area (Å²) >= 11 is 5.65. The highest BCUT2D eigenvalue weighted by Crippen LogP contribution is 2.09.